The summed E-state index contributed by atoms with van der Waals surface area (Å²) in [4.78, 5) is 23.4. The first-order valence-corrected chi connectivity index (χ1v) is 7.19. The van der Waals surface area contributed by atoms with E-state index in [1.807, 2.05) is 38.1 Å². The summed E-state index contributed by atoms with van der Waals surface area (Å²) in [5.41, 5.74) is 3.66. The number of aryl methyl sites for hydroxylation is 2. The number of benzene rings is 1. The van der Waals surface area contributed by atoms with Crippen molar-refractivity contribution in [1.82, 2.24) is 4.57 Å². The van der Waals surface area contributed by atoms with Crippen LogP contribution in [0.2, 0.25) is 0 Å². The Bertz CT molecular complexity index is 695. The fraction of sp³-hybridized carbons (Fsp3) is 0.294. The van der Waals surface area contributed by atoms with Crippen molar-refractivity contribution in [1.29, 1.82) is 0 Å². The van der Waals surface area contributed by atoms with Crippen molar-refractivity contribution in [2.24, 2.45) is 0 Å². The molecule has 1 aliphatic rings. The fourth-order valence-electron chi connectivity index (χ4n) is 2.60. The smallest absolute Gasteiger partial charge is 0.347 e. The lowest BCUT2D eigenvalue weighted by atomic mass is 10.2. The number of rotatable bonds is 3. The summed E-state index contributed by atoms with van der Waals surface area (Å²) in [7, 11) is 0. The molecule has 0 saturated carbocycles. The van der Waals surface area contributed by atoms with Crippen LogP contribution >= 0.6 is 0 Å². The molecule has 5 heteroatoms. The van der Waals surface area contributed by atoms with Gasteiger partial charge in [0.1, 0.15) is 0 Å². The van der Waals surface area contributed by atoms with Crippen LogP contribution in [0.5, 0.6) is 0 Å². The topological polar surface area (TPSA) is 57.5 Å². The summed E-state index contributed by atoms with van der Waals surface area (Å²) >= 11 is 0. The van der Waals surface area contributed by atoms with Crippen molar-refractivity contribution in [2.75, 3.05) is 6.61 Å². The Balaban J connectivity index is 1.76. The van der Waals surface area contributed by atoms with Gasteiger partial charge < -0.3 is 14.0 Å². The van der Waals surface area contributed by atoms with Crippen molar-refractivity contribution in [2.45, 2.75) is 26.4 Å². The second kappa shape index (κ2) is 5.67. The van der Waals surface area contributed by atoms with Crippen molar-refractivity contribution >= 4 is 11.9 Å². The maximum absolute atomic E-state index is 12.0. The predicted octanol–water partition coefficient (Wildman–Crippen LogP) is 2.57. The zero-order valence-corrected chi connectivity index (χ0v) is 12.5. The molecule has 2 aromatic rings. The minimum absolute atomic E-state index is 0.307. The van der Waals surface area contributed by atoms with Crippen LogP contribution in [-0.2, 0) is 14.3 Å². The first kappa shape index (κ1) is 14.4. The van der Waals surface area contributed by atoms with E-state index in [1.54, 1.807) is 12.1 Å². The van der Waals surface area contributed by atoms with Gasteiger partial charge in [0.05, 0.1) is 12.2 Å². The van der Waals surface area contributed by atoms with Crippen molar-refractivity contribution < 1.29 is 19.1 Å². The number of ether oxygens (including phenoxy) is 2. The van der Waals surface area contributed by atoms with Crippen LogP contribution in [0.1, 0.15) is 28.2 Å². The summed E-state index contributed by atoms with van der Waals surface area (Å²) in [5, 5.41) is 0. The second-order valence-corrected chi connectivity index (χ2v) is 5.35. The Kier molecular flexibility index (Phi) is 3.71. The van der Waals surface area contributed by atoms with Crippen LogP contribution in [0.3, 0.4) is 0 Å². The predicted molar refractivity (Wildman–Crippen MR) is 80.0 cm³/mol. The number of aromatic nitrogens is 1. The third-order valence-corrected chi connectivity index (χ3v) is 3.77. The van der Waals surface area contributed by atoms with Crippen molar-refractivity contribution in [3.8, 4) is 5.69 Å². The molecule has 2 heterocycles. The van der Waals surface area contributed by atoms with E-state index in [4.69, 9.17) is 9.47 Å². The lowest BCUT2D eigenvalue weighted by Crippen LogP contribution is -2.22. The standard InChI is InChI=1S/C17H17NO4/c1-11-3-4-12(2)18(11)14-7-5-13(6-8-14)16(19)22-15-9-10-21-17(15)20/h3-8,15H,9-10H2,1-2H3/t15-/m1/s1. The maximum Gasteiger partial charge on any atom is 0.347 e. The van der Waals surface area contributed by atoms with E-state index in [1.165, 1.54) is 0 Å². The lowest BCUT2D eigenvalue weighted by Gasteiger charge is -2.11. The fourth-order valence-corrected chi connectivity index (χ4v) is 2.60. The molecule has 0 unspecified atom stereocenters. The molecule has 0 amide bonds. The van der Waals surface area contributed by atoms with Crippen LogP contribution in [-0.4, -0.2) is 29.2 Å². The largest absolute Gasteiger partial charge is 0.463 e. The molecule has 0 N–H and O–H groups in total. The summed E-state index contributed by atoms with van der Waals surface area (Å²) in [6, 6.07) is 11.2. The van der Waals surface area contributed by atoms with E-state index in [9.17, 15) is 9.59 Å². The van der Waals surface area contributed by atoms with Gasteiger partial charge >= 0.3 is 11.9 Å². The number of hydrogen-bond acceptors (Lipinski definition) is 4. The molecule has 1 aromatic heterocycles. The highest BCUT2D eigenvalue weighted by Crippen LogP contribution is 2.18. The molecule has 1 aromatic carbocycles. The molecule has 5 nitrogen and oxygen atoms in total. The van der Waals surface area contributed by atoms with Gasteiger partial charge in [-0.05, 0) is 50.2 Å². The van der Waals surface area contributed by atoms with Gasteiger partial charge in [0, 0.05) is 23.5 Å². The Morgan fingerprint density at radius 1 is 1.14 bits per heavy atom. The molecular formula is C17H17NO4. The first-order valence-electron chi connectivity index (χ1n) is 7.19. The quantitative estimate of drug-likeness (QED) is 0.817. The van der Waals surface area contributed by atoms with Gasteiger partial charge in [-0.2, -0.15) is 0 Å². The van der Waals surface area contributed by atoms with Gasteiger partial charge in [-0.3, -0.25) is 0 Å². The summed E-state index contributed by atoms with van der Waals surface area (Å²) < 4.78 is 12.0. The van der Waals surface area contributed by atoms with Crippen LogP contribution in [0.4, 0.5) is 0 Å². The Morgan fingerprint density at radius 3 is 2.32 bits per heavy atom. The van der Waals surface area contributed by atoms with Gasteiger partial charge in [-0.15, -0.1) is 0 Å². The highest BCUT2D eigenvalue weighted by molar-refractivity contribution is 5.91. The Morgan fingerprint density at radius 2 is 1.77 bits per heavy atom. The molecule has 3 rings (SSSR count). The normalized spacial score (nSPS) is 17.4. The third-order valence-electron chi connectivity index (χ3n) is 3.77. The molecule has 1 fully saturated rings. The Labute approximate surface area is 128 Å². The number of hydrogen-bond donors (Lipinski definition) is 0. The zero-order chi connectivity index (χ0) is 15.7. The molecule has 0 bridgehead atoms. The van der Waals surface area contributed by atoms with Crippen molar-refractivity contribution in [3.63, 3.8) is 0 Å². The zero-order valence-electron chi connectivity index (χ0n) is 12.5. The van der Waals surface area contributed by atoms with Gasteiger partial charge in [0.2, 0.25) is 6.10 Å². The molecule has 1 atom stereocenters. The van der Waals surface area contributed by atoms with Gasteiger partial charge in [0.25, 0.3) is 0 Å². The molecule has 22 heavy (non-hydrogen) atoms. The number of esters is 2. The first-order chi connectivity index (χ1) is 10.6. The minimum Gasteiger partial charge on any atom is -0.463 e. The molecule has 0 spiro atoms. The molecule has 1 aliphatic heterocycles. The molecule has 0 aliphatic carbocycles. The van der Waals surface area contributed by atoms with Gasteiger partial charge in [0.15, 0.2) is 0 Å². The average Bonchev–Trinajstić information content (AvgIpc) is 3.05. The van der Waals surface area contributed by atoms with Crippen molar-refractivity contribution in [3.05, 3.63) is 53.3 Å². The minimum atomic E-state index is -0.777. The van der Waals surface area contributed by atoms with E-state index in [2.05, 4.69) is 4.57 Å². The molecule has 0 radical (unpaired) electrons. The number of carbonyl (C=O) groups is 2. The second-order valence-electron chi connectivity index (χ2n) is 5.35. The summed E-state index contributed by atoms with van der Waals surface area (Å²) in [6.07, 6.45) is -0.356. The SMILES string of the molecule is Cc1ccc(C)n1-c1ccc(C(=O)O[C@@H]2CCOC2=O)cc1. The van der Waals surface area contributed by atoms with E-state index in [0.717, 1.165) is 17.1 Å². The van der Waals surface area contributed by atoms with Crippen LogP contribution in [0.25, 0.3) is 5.69 Å². The van der Waals surface area contributed by atoms with Crippen LogP contribution < -0.4 is 0 Å². The number of cyclic esters (lactones) is 1. The van der Waals surface area contributed by atoms with E-state index in [0.29, 0.717) is 18.6 Å². The maximum atomic E-state index is 12.0. The van der Waals surface area contributed by atoms with E-state index >= 15 is 0 Å². The van der Waals surface area contributed by atoms with Crippen LogP contribution in [0, 0.1) is 13.8 Å². The average molecular weight is 299 g/mol. The van der Waals surface area contributed by atoms with Gasteiger partial charge in [-0.25, -0.2) is 9.59 Å². The third kappa shape index (κ3) is 2.62. The highest BCUT2D eigenvalue weighted by Gasteiger charge is 2.30. The summed E-state index contributed by atoms with van der Waals surface area (Å²) in [6.45, 7) is 4.36. The van der Waals surface area contributed by atoms with E-state index in [-0.39, 0.29) is 0 Å². The van der Waals surface area contributed by atoms with Gasteiger partial charge in [-0.1, -0.05) is 0 Å². The molecule has 1 saturated heterocycles. The summed E-state index contributed by atoms with van der Waals surface area (Å²) in [5.74, 6) is -0.972. The lowest BCUT2D eigenvalue weighted by molar-refractivity contribution is -0.145. The molecular weight excluding hydrogens is 282 g/mol. The van der Waals surface area contributed by atoms with Crippen LogP contribution in [0.15, 0.2) is 36.4 Å². The number of nitrogens with zero attached hydrogens (tertiary/aromatic N) is 1. The molecule has 114 valence electrons. The Hall–Kier alpha value is -2.56. The highest BCUT2D eigenvalue weighted by atomic mass is 16.6. The number of carbonyl (C=O) groups excluding carboxylic acids is 2. The monoisotopic (exact) mass is 299 g/mol. The van der Waals surface area contributed by atoms with E-state index < -0.39 is 18.0 Å².